The van der Waals surface area contributed by atoms with Crippen molar-refractivity contribution in [3.63, 3.8) is 0 Å². The molecule has 1 heterocycles. The highest BCUT2D eigenvalue weighted by Gasteiger charge is 2.34. The standard InChI is InChI=1S/C25H17Cl2F4N3O2/c1-14(33-36-24(35)16-4-9-19(28)10-5-16)34-23(15-2-6-17(7-3-15)25(29,30)31)13-22(32-34)20-11-8-18(26)12-21(20)27/h2-12,23H,13H2,1H3/b33-14-. The molecule has 0 fully saturated rings. The number of nitrogens with zero attached hydrogens (tertiary/aromatic N) is 3. The Balaban J connectivity index is 1.65. The van der Waals surface area contributed by atoms with Crippen LogP contribution < -0.4 is 0 Å². The molecule has 11 heteroatoms. The summed E-state index contributed by atoms with van der Waals surface area (Å²) in [7, 11) is 0. The number of benzene rings is 3. The summed E-state index contributed by atoms with van der Waals surface area (Å²) in [6, 6.07) is 13.8. The van der Waals surface area contributed by atoms with E-state index in [9.17, 15) is 22.4 Å². The monoisotopic (exact) mass is 537 g/mol. The van der Waals surface area contributed by atoms with Crippen molar-refractivity contribution in [2.45, 2.75) is 25.6 Å². The Hall–Kier alpha value is -3.43. The fourth-order valence-electron chi connectivity index (χ4n) is 3.64. The predicted octanol–water partition coefficient (Wildman–Crippen LogP) is 7.49. The molecule has 1 atom stereocenters. The highest BCUT2D eigenvalue weighted by Crippen LogP contribution is 2.37. The number of alkyl halides is 3. The van der Waals surface area contributed by atoms with Crippen LogP contribution in [0.3, 0.4) is 0 Å². The fraction of sp³-hybridized carbons (Fsp3) is 0.160. The van der Waals surface area contributed by atoms with Crippen LogP contribution in [0.15, 0.2) is 77.0 Å². The molecule has 4 rings (SSSR count). The van der Waals surface area contributed by atoms with Crippen LogP contribution >= 0.6 is 23.2 Å². The highest BCUT2D eigenvalue weighted by atomic mass is 35.5. The van der Waals surface area contributed by atoms with E-state index in [-0.39, 0.29) is 17.8 Å². The first-order valence-electron chi connectivity index (χ1n) is 10.5. The van der Waals surface area contributed by atoms with Gasteiger partial charge in [0.25, 0.3) is 0 Å². The molecule has 186 valence electrons. The Morgan fingerprint density at radius 3 is 2.33 bits per heavy atom. The maximum atomic E-state index is 13.1. The van der Waals surface area contributed by atoms with Crippen molar-refractivity contribution < 1.29 is 27.2 Å². The number of carbonyl (C=O) groups is 1. The molecule has 0 aromatic heterocycles. The van der Waals surface area contributed by atoms with Gasteiger partial charge in [-0.25, -0.2) is 14.2 Å². The normalized spacial score (nSPS) is 16.2. The minimum Gasteiger partial charge on any atom is -0.311 e. The molecule has 3 aromatic carbocycles. The van der Waals surface area contributed by atoms with Crippen LogP contribution in [0, 0.1) is 5.82 Å². The van der Waals surface area contributed by atoms with Crippen LogP contribution in [0.2, 0.25) is 10.0 Å². The van der Waals surface area contributed by atoms with E-state index in [1.165, 1.54) is 36.2 Å². The van der Waals surface area contributed by atoms with Crippen LogP contribution in [0.1, 0.15) is 46.4 Å². The second-order valence-electron chi connectivity index (χ2n) is 7.88. The Morgan fingerprint density at radius 2 is 1.72 bits per heavy atom. The Labute approximate surface area is 213 Å². The summed E-state index contributed by atoms with van der Waals surface area (Å²) >= 11 is 12.3. The van der Waals surface area contributed by atoms with E-state index in [1.807, 2.05) is 0 Å². The second kappa shape index (κ2) is 10.3. The lowest BCUT2D eigenvalue weighted by Crippen LogP contribution is -2.25. The number of oxime groups is 1. The summed E-state index contributed by atoms with van der Waals surface area (Å²) in [4.78, 5) is 17.3. The van der Waals surface area contributed by atoms with Gasteiger partial charge in [0, 0.05) is 17.0 Å². The molecule has 1 aliphatic rings. The molecule has 0 saturated carbocycles. The molecule has 3 aromatic rings. The van der Waals surface area contributed by atoms with Gasteiger partial charge >= 0.3 is 12.1 Å². The first kappa shape index (κ1) is 25.7. The van der Waals surface area contributed by atoms with Gasteiger partial charge in [-0.2, -0.15) is 18.3 Å². The lowest BCUT2D eigenvalue weighted by atomic mass is 9.97. The van der Waals surface area contributed by atoms with Gasteiger partial charge in [-0.1, -0.05) is 46.6 Å². The third-order valence-corrected chi connectivity index (χ3v) is 6.00. The van der Waals surface area contributed by atoms with Crippen LogP contribution in [0.5, 0.6) is 0 Å². The predicted molar refractivity (Wildman–Crippen MR) is 129 cm³/mol. The van der Waals surface area contributed by atoms with E-state index in [0.29, 0.717) is 26.9 Å². The molecule has 0 spiro atoms. The minimum absolute atomic E-state index is 0.0887. The number of halogens is 6. The maximum absolute atomic E-state index is 13.1. The van der Waals surface area contributed by atoms with Crippen molar-refractivity contribution >= 4 is 40.7 Å². The first-order valence-corrected chi connectivity index (χ1v) is 11.3. The van der Waals surface area contributed by atoms with Crippen LogP contribution in [-0.2, 0) is 11.0 Å². The van der Waals surface area contributed by atoms with Gasteiger partial charge in [-0.3, -0.25) is 0 Å². The van der Waals surface area contributed by atoms with Crippen molar-refractivity contribution in [2.24, 2.45) is 10.3 Å². The zero-order valence-corrected chi connectivity index (χ0v) is 20.1. The Kier molecular flexibility index (Phi) is 7.33. The topological polar surface area (TPSA) is 54.3 Å². The van der Waals surface area contributed by atoms with Crippen molar-refractivity contribution in [1.82, 2.24) is 5.01 Å². The summed E-state index contributed by atoms with van der Waals surface area (Å²) in [6.45, 7) is 1.53. The van der Waals surface area contributed by atoms with E-state index >= 15 is 0 Å². The third-order valence-electron chi connectivity index (χ3n) is 5.45. The molecule has 1 aliphatic heterocycles. The van der Waals surface area contributed by atoms with Crippen molar-refractivity contribution in [2.75, 3.05) is 0 Å². The zero-order chi connectivity index (χ0) is 26.0. The maximum Gasteiger partial charge on any atom is 0.416 e. The molecule has 0 saturated heterocycles. The average Bonchev–Trinajstić information content (AvgIpc) is 3.27. The lowest BCUT2D eigenvalue weighted by Gasteiger charge is -2.23. The molecule has 0 aliphatic carbocycles. The molecule has 0 amide bonds. The number of hydrogen-bond donors (Lipinski definition) is 0. The summed E-state index contributed by atoms with van der Waals surface area (Å²) in [5.41, 5.74) is 0.978. The van der Waals surface area contributed by atoms with Gasteiger partial charge in [-0.15, -0.1) is 0 Å². The van der Waals surface area contributed by atoms with Gasteiger partial charge in [0.1, 0.15) is 5.82 Å². The zero-order valence-electron chi connectivity index (χ0n) is 18.6. The van der Waals surface area contributed by atoms with Gasteiger partial charge < -0.3 is 4.84 Å². The second-order valence-corrected chi connectivity index (χ2v) is 8.72. The summed E-state index contributed by atoms with van der Waals surface area (Å²) in [5, 5.41) is 10.7. The SMILES string of the molecule is C/C(=N/OC(=O)c1ccc(F)cc1)N1N=C(c2ccc(Cl)cc2Cl)CC1c1ccc(C(F)(F)F)cc1. The highest BCUT2D eigenvalue weighted by molar-refractivity contribution is 6.37. The Bertz CT molecular complexity index is 1340. The number of hydrazone groups is 1. The fourth-order valence-corrected chi connectivity index (χ4v) is 4.15. The van der Waals surface area contributed by atoms with E-state index in [4.69, 9.17) is 28.0 Å². The van der Waals surface area contributed by atoms with Gasteiger partial charge in [-0.05, 0) is 61.0 Å². The number of amidine groups is 1. The molecular weight excluding hydrogens is 521 g/mol. The van der Waals surface area contributed by atoms with Crippen molar-refractivity contribution in [3.8, 4) is 0 Å². The van der Waals surface area contributed by atoms with E-state index in [0.717, 1.165) is 24.3 Å². The average molecular weight is 538 g/mol. The van der Waals surface area contributed by atoms with E-state index < -0.39 is 29.6 Å². The molecule has 0 N–H and O–H groups in total. The van der Waals surface area contributed by atoms with E-state index in [1.54, 1.807) is 18.2 Å². The van der Waals surface area contributed by atoms with Gasteiger partial charge in [0.15, 0.2) is 5.84 Å². The van der Waals surface area contributed by atoms with Crippen molar-refractivity contribution in [1.29, 1.82) is 0 Å². The third kappa shape index (κ3) is 5.68. The van der Waals surface area contributed by atoms with Gasteiger partial charge in [0.2, 0.25) is 0 Å². The quantitative estimate of drug-likeness (QED) is 0.114. The van der Waals surface area contributed by atoms with E-state index in [2.05, 4.69) is 10.3 Å². The largest absolute Gasteiger partial charge is 0.416 e. The van der Waals surface area contributed by atoms with Crippen LogP contribution in [-0.4, -0.2) is 22.5 Å². The summed E-state index contributed by atoms with van der Waals surface area (Å²) in [5.74, 6) is -1.16. The van der Waals surface area contributed by atoms with Crippen LogP contribution in [0.25, 0.3) is 0 Å². The van der Waals surface area contributed by atoms with Crippen molar-refractivity contribution in [3.05, 3.63) is 105 Å². The Morgan fingerprint density at radius 1 is 1.06 bits per heavy atom. The molecule has 1 unspecified atom stereocenters. The summed E-state index contributed by atoms with van der Waals surface area (Å²) in [6.07, 6.45) is -4.19. The number of hydrogen-bond acceptors (Lipinski definition) is 4. The summed E-state index contributed by atoms with van der Waals surface area (Å²) < 4.78 is 52.3. The first-order chi connectivity index (χ1) is 17.0. The smallest absolute Gasteiger partial charge is 0.311 e. The molecule has 5 nitrogen and oxygen atoms in total. The number of rotatable bonds is 4. The van der Waals surface area contributed by atoms with Gasteiger partial charge in [0.05, 0.1) is 27.9 Å². The number of carbonyl (C=O) groups excluding carboxylic acids is 1. The van der Waals surface area contributed by atoms with Crippen LogP contribution in [0.4, 0.5) is 17.6 Å². The molecule has 0 bridgehead atoms. The minimum atomic E-state index is -4.47. The molecule has 0 radical (unpaired) electrons. The molecule has 36 heavy (non-hydrogen) atoms. The lowest BCUT2D eigenvalue weighted by molar-refractivity contribution is -0.137. The molecular formula is C25H17Cl2F4N3O2.